The molecule has 134 valence electrons. The minimum atomic E-state index is -0.982. The second kappa shape index (κ2) is 8.07. The molecule has 4 nitrogen and oxygen atoms in total. The molecule has 1 atom stereocenters. The number of ether oxygens (including phenoxy) is 1. The number of halogens is 2. The van der Waals surface area contributed by atoms with E-state index in [0.717, 1.165) is 6.07 Å². The Morgan fingerprint density at radius 3 is 2.60 bits per heavy atom. The number of carbonyl (C=O) groups excluding carboxylic acids is 1. The monoisotopic (exact) mass is 349 g/mol. The molecule has 25 heavy (non-hydrogen) atoms. The number of hydrogen-bond donors (Lipinski definition) is 2. The van der Waals surface area contributed by atoms with E-state index < -0.39 is 23.6 Å². The van der Waals surface area contributed by atoms with Crippen LogP contribution in [0, 0.1) is 18.6 Å². The molecule has 6 heteroatoms. The Kier molecular flexibility index (Phi) is 6.09. The van der Waals surface area contributed by atoms with Crippen molar-refractivity contribution in [2.45, 2.75) is 33.0 Å². The first-order valence-electron chi connectivity index (χ1n) is 7.96. The Bertz CT molecular complexity index is 762. The molecule has 2 aromatic carbocycles. The maximum Gasteiger partial charge on any atom is 0.254 e. The van der Waals surface area contributed by atoms with E-state index >= 15 is 0 Å². The van der Waals surface area contributed by atoms with Gasteiger partial charge < -0.3 is 15.2 Å². The van der Waals surface area contributed by atoms with E-state index in [4.69, 9.17) is 4.74 Å². The molecule has 0 heterocycles. The third-order valence-electron chi connectivity index (χ3n) is 3.56. The van der Waals surface area contributed by atoms with Gasteiger partial charge in [0.1, 0.15) is 17.4 Å². The van der Waals surface area contributed by atoms with Crippen LogP contribution in [0.25, 0.3) is 0 Å². The van der Waals surface area contributed by atoms with Gasteiger partial charge in [-0.15, -0.1) is 0 Å². The molecular weight excluding hydrogens is 328 g/mol. The quantitative estimate of drug-likeness (QED) is 0.839. The van der Waals surface area contributed by atoms with Crippen molar-refractivity contribution < 1.29 is 23.4 Å². The third-order valence-corrected chi connectivity index (χ3v) is 3.56. The lowest BCUT2D eigenvalue weighted by molar-refractivity contribution is 0.0912. The normalized spacial score (nSPS) is 12.1. The molecule has 0 spiro atoms. The molecule has 1 amide bonds. The summed E-state index contributed by atoms with van der Waals surface area (Å²) < 4.78 is 32.5. The minimum Gasteiger partial charge on any atom is -0.491 e. The van der Waals surface area contributed by atoms with Crippen LogP contribution in [0.1, 0.15) is 41.4 Å². The van der Waals surface area contributed by atoms with Crippen LogP contribution in [0.15, 0.2) is 36.4 Å². The number of carbonyl (C=O) groups is 1. The van der Waals surface area contributed by atoms with E-state index in [1.807, 2.05) is 13.8 Å². The molecule has 2 aromatic rings. The van der Waals surface area contributed by atoms with Gasteiger partial charge in [0.15, 0.2) is 0 Å². The zero-order chi connectivity index (χ0) is 18.6. The molecule has 2 rings (SSSR count). The highest BCUT2D eigenvalue weighted by Gasteiger charge is 2.16. The lowest BCUT2D eigenvalue weighted by atomic mass is 10.1. The Hall–Kier alpha value is -2.47. The predicted molar refractivity (Wildman–Crippen MR) is 90.6 cm³/mol. The van der Waals surface area contributed by atoms with Crippen LogP contribution in [0.5, 0.6) is 5.75 Å². The van der Waals surface area contributed by atoms with Gasteiger partial charge in [0.2, 0.25) is 0 Å². The van der Waals surface area contributed by atoms with Crippen LogP contribution in [-0.4, -0.2) is 23.7 Å². The molecule has 0 aromatic heterocycles. The molecule has 0 aliphatic carbocycles. The highest BCUT2D eigenvalue weighted by Crippen LogP contribution is 2.20. The van der Waals surface area contributed by atoms with E-state index in [9.17, 15) is 18.7 Å². The number of amides is 1. The van der Waals surface area contributed by atoms with Crippen LogP contribution in [-0.2, 0) is 0 Å². The van der Waals surface area contributed by atoms with Gasteiger partial charge in [0.25, 0.3) is 5.91 Å². The van der Waals surface area contributed by atoms with Crippen LogP contribution in [0.2, 0.25) is 0 Å². The first-order valence-corrected chi connectivity index (χ1v) is 7.96. The fraction of sp³-hybridized carbons (Fsp3) is 0.316. The SMILES string of the molecule is Cc1cc(C(=O)NCC(O)c2cccc(OC(C)C)c2)c(F)cc1F. The van der Waals surface area contributed by atoms with Gasteiger partial charge >= 0.3 is 0 Å². The first-order chi connectivity index (χ1) is 11.8. The van der Waals surface area contributed by atoms with Crippen molar-refractivity contribution in [2.24, 2.45) is 0 Å². The molecular formula is C19H21F2NO3. The Morgan fingerprint density at radius 2 is 1.92 bits per heavy atom. The first kappa shape index (κ1) is 18.9. The molecule has 0 saturated heterocycles. The maximum atomic E-state index is 13.7. The van der Waals surface area contributed by atoms with Crippen molar-refractivity contribution in [3.8, 4) is 5.75 Å². The van der Waals surface area contributed by atoms with Crippen LogP contribution in [0.3, 0.4) is 0 Å². The number of rotatable bonds is 6. The fourth-order valence-electron chi connectivity index (χ4n) is 2.30. The van der Waals surface area contributed by atoms with Crippen molar-refractivity contribution in [2.75, 3.05) is 6.54 Å². The summed E-state index contributed by atoms with van der Waals surface area (Å²) in [4.78, 5) is 12.1. The highest BCUT2D eigenvalue weighted by molar-refractivity contribution is 5.94. The predicted octanol–water partition coefficient (Wildman–Crippen LogP) is 3.52. The van der Waals surface area contributed by atoms with Gasteiger partial charge in [-0.05, 0) is 50.1 Å². The van der Waals surface area contributed by atoms with E-state index in [-0.39, 0.29) is 23.8 Å². The second-order valence-electron chi connectivity index (χ2n) is 6.05. The largest absolute Gasteiger partial charge is 0.491 e. The topological polar surface area (TPSA) is 58.6 Å². The summed E-state index contributed by atoms with van der Waals surface area (Å²) in [5, 5.41) is 12.7. The van der Waals surface area contributed by atoms with E-state index in [1.165, 1.54) is 6.92 Å². The highest BCUT2D eigenvalue weighted by atomic mass is 19.1. The molecule has 0 aliphatic rings. The maximum absolute atomic E-state index is 13.7. The standard InChI is InChI=1S/C19H21F2NO3/c1-11(2)25-14-6-4-5-13(8-14)18(23)10-22-19(24)15-7-12(3)16(20)9-17(15)21/h4-9,11,18,23H,10H2,1-3H3,(H,22,24). The lowest BCUT2D eigenvalue weighted by Gasteiger charge is -2.15. The van der Waals surface area contributed by atoms with Gasteiger partial charge in [0.05, 0.1) is 17.8 Å². The van der Waals surface area contributed by atoms with Crippen molar-refractivity contribution in [3.05, 3.63) is 64.7 Å². The van der Waals surface area contributed by atoms with Crippen LogP contribution in [0.4, 0.5) is 8.78 Å². The zero-order valence-electron chi connectivity index (χ0n) is 14.3. The third kappa shape index (κ3) is 5.00. The molecule has 0 bridgehead atoms. The van der Waals surface area contributed by atoms with Gasteiger partial charge in [-0.1, -0.05) is 12.1 Å². The summed E-state index contributed by atoms with van der Waals surface area (Å²) in [6.45, 7) is 5.12. The van der Waals surface area contributed by atoms with E-state index in [0.29, 0.717) is 17.4 Å². The number of aliphatic hydroxyl groups excluding tert-OH is 1. The summed E-state index contributed by atoms with van der Waals surface area (Å²) in [5.41, 5.74) is 0.475. The van der Waals surface area contributed by atoms with Crippen LogP contribution >= 0.6 is 0 Å². The smallest absolute Gasteiger partial charge is 0.254 e. The summed E-state index contributed by atoms with van der Waals surface area (Å²) in [7, 11) is 0. The number of benzene rings is 2. The average molecular weight is 349 g/mol. The summed E-state index contributed by atoms with van der Waals surface area (Å²) in [5.74, 6) is -1.76. The Labute approximate surface area is 145 Å². The summed E-state index contributed by atoms with van der Waals surface area (Å²) in [6, 6.07) is 8.70. The Balaban J connectivity index is 2.03. The number of aryl methyl sites for hydroxylation is 1. The van der Waals surface area contributed by atoms with E-state index in [2.05, 4.69) is 5.32 Å². The van der Waals surface area contributed by atoms with Gasteiger partial charge in [-0.3, -0.25) is 4.79 Å². The summed E-state index contributed by atoms with van der Waals surface area (Å²) in [6.07, 6.45) is -0.985. The van der Waals surface area contributed by atoms with Crippen molar-refractivity contribution in [1.29, 1.82) is 0 Å². The summed E-state index contributed by atoms with van der Waals surface area (Å²) >= 11 is 0. The molecule has 0 fully saturated rings. The lowest BCUT2D eigenvalue weighted by Crippen LogP contribution is -2.29. The molecule has 0 saturated carbocycles. The number of nitrogens with one attached hydrogen (secondary N) is 1. The molecule has 2 N–H and O–H groups in total. The molecule has 0 aliphatic heterocycles. The zero-order valence-corrected chi connectivity index (χ0v) is 14.3. The van der Waals surface area contributed by atoms with Gasteiger partial charge in [0, 0.05) is 12.6 Å². The van der Waals surface area contributed by atoms with E-state index in [1.54, 1.807) is 24.3 Å². The van der Waals surface area contributed by atoms with Gasteiger partial charge in [-0.2, -0.15) is 0 Å². The minimum absolute atomic E-state index is 0.00298. The number of hydrogen-bond acceptors (Lipinski definition) is 3. The van der Waals surface area contributed by atoms with Crippen molar-refractivity contribution >= 4 is 5.91 Å². The van der Waals surface area contributed by atoms with Crippen molar-refractivity contribution in [3.63, 3.8) is 0 Å². The molecule has 1 unspecified atom stereocenters. The van der Waals surface area contributed by atoms with Crippen LogP contribution < -0.4 is 10.1 Å². The fourth-order valence-corrected chi connectivity index (χ4v) is 2.30. The van der Waals surface area contributed by atoms with Crippen molar-refractivity contribution in [1.82, 2.24) is 5.32 Å². The molecule has 0 radical (unpaired) electrons. The Morgan fingerprint density at radius 1 is 1.20 bits per heavy atom. The second-order valence-corrected chi connectivity index (χ2v) is 6.05. The average Bonchev–Trinajstić information content (AvgIpc) is 2.55. The number of aliphatic hydroxyl groups is 1. The van der Waals surface area contributed by atoms with Gasteiger partial charge in [-0.25, -0.2) is 8.78 Å².